The maximum atomic E-state index is 2.42. The van der Waals surface area contributed by atoms with Gasteiger partial charge < -0.3 is 19.6 Å². The molecule has 4 saturated heterocycles. The fraction of sp³-hybridized carbons (Fsp3) is 1.00. The molecule has 4 aliphatic carbocycles. The SMILES string of the molecule is CC1CC(C2CC(C)C2)C1.CC1CC(C2CN(C)C2)C1.CC1CC(C2CN(C)C2)C1.CN1CC(C2CN(C)C2)C1. The van der Waals surface area contributed by atoms with Crippen LogP contribution in [0.4, 0.5) is 0 Å². The van der Waals surface area contributed by atoms with E-state index in [1.54, 1.807) is 0 Å². The van der Waals surface area contributed by atoms with E-state index in [1.807, 2.05) is 0 Å². The second kappa shape index (κ2) is 13.6. The molecule has 4 heterocycles. The van der Waals surface area contributed by atoms with Crippen LogP contribution in [0.1, 0.15) is 79.1 Å². The molecule has 0 aromatic heterocycles. The summed E-state index contributed by atoms with van der Waals surface area (Å²) in [7, 11) is 8.86. The Morgan fingerprint density at radius 2 is 0.425 bits per heavy atom. The molecule has 8 rings (SSSR count). The maximum absolute atomic E-state index is 2.42. The van der Waals surface area contributed by atoms with Gasteiger partial charge in [-0.15, -0.1) is 0 Å². The second-order valence-electron chi connectivity index (χ2n) is 17.3. The van der Waals surface area contributed by atoms with Crippen LogP contribution in [0.15, 0.2) is 0 Å². The summed E-state index contributed by atoms with van der Waals surface area (Å²) in [5, 5.41) is 0. The number of hydrogen-bond acceptors (Lipinski definition) is 4. The first kappa shape index (κ1) is 31.3. The van der Waals surface area contributed by atoms with Crippen LogP contribution < -0.4 is 0 Å². The van der Waals surface area contributed by atoms with E-state index in [0.29, 0.717) is 0 Å². The summed E-state index contributed by atoms with van der Waals surface area (Å²) in [5.74, 6) is 12.9. The van der Waals surface area contributed by atoms with Gasteiger partial charge in [-0.25, -0.2) is 0 Å². The van der Waals surface area contributed by atoms with Crippen LogP contribution >= 0.6 is 0 Å². The van der Waals surface area contributed by atoms with Gasteiger partial charge >= 0.3 is 0 Å². The van der Waals surface area contributed by atoms with Crippen LogP contribution in [0.5, 0.6) is 0 Å². The lowest BCUT2D eigenvalue weighted by molar-refractivity contribution is 0.00206. The predicted octanol–water partition coefficient (Wildman–Crippen LogP) is 6.38. The minimum Gasteiger partial charge on any atom is -0.306 e. The monoisotopic (exact) mass is 557 g/mol. The Morgan fingerprint density at radius 1 is 0.275 bits per heavy atom. The van der Waals surface area contributed by atoms with Crippen LogP contribution in [0.3, 0.4) is 0 Å². The predicted molar refractivity (Wildman–Crippen MR) is 171 cm³/mol. The van der Waals surface area contributed by atoms with Crippen molar-refractivity contribution >= 4 is 0 Å². The Hall–Kier alpha value is -0.160. The lowest BCUT2D eigenvalue weighted by Gasteiger charge is -2.48. The molecule has 4 heteroatoms. The summed E-state index contributed by atoms with van der Waals surface area (Å²) in [6.07, 6.45) is 12.2. The van der Waals surface area contributed by atoms with Gasteiger partial charge in [0.25, 0.3) is 0 Å². The van der Waals surface area contributed by atoms with E-state index in [-0.39, 0.29) is 0 Å². The zero-order valence-electron chi connectivity index (χ0n) is 28.0. The standard InChI is InChI=1S/C10H18.2C9H17N.C8H16N2/c1-7-3-9(4-7)10-5-8(2)6-10;2*1-7-3-8(4-7)9-5-10(2)6-9;1-9-3-7(4-9)8-5-10(2)6-8/h7-10H,3-6H2,1-2H3;2*7-9H,3-6H2,1-2H3;7-8H,3-6H2,1-2H3. The van der Waals surface area contributed by atoms with Crippen LogP contribution in [-0.4, -0.2) is 100 Å². The van der Waals surface area contributed by atoms with E-state index in [9.17, 15) is 0 Å². The summed E-state index contributed by atoms with van der Waals surface area (Å²) in [4.78, 5) is 9.66. The van der Waals surface area contributed by atoms with Crippen molar-refractivity contribution in [3.8, 4) is 0 Å². The molecule has 0 unspecified atom stereocenters. The third-order valence-corrected chi connectivity index (χ3v) is 12.7. The second-order valence-corrected chi connectivity index (χ2v) is 17.3. The Balaban J connectivity index is 0.000000108. The summed E-state index contributed by atoms with van der Waals surface area (Å²) in [6.45, 7) is 20.4. The van der Waals surface area contributed by atoms with Gasteiger partial charge in [-0.1, -0.05) is 27.7 Å². The largest absolute Gasteiger partial charge is 0.306 e. The number of likely N-dealkylation sites (tertiary alicyclic amines) is 4. The van der Waals surface area contributed by atoms with E-state index < -0.39 is 0 Å². The first-order chi connectivity index (χ1) is 19.0. The highest BCUT2D eigenvalue weighted by molar-refractivity contribution is 4.92. The zero-order chi connectivity index (χ0) is 28.6. The topological polar surface area (TPSA) is 13.0 Å². The third kappa shape index (κ3) is 8.06. The Kier molecular flexibility index (Phi) is 10.7. The average Bonchev–Trinajstić information content (AvgIpc) is 2.75. The van der Waals surface area contributed by atoms with Crippen molar-refractivity contribution in [2.24, 2.45) is 71.0 Å². The quantitative estimate of drug-likeness (QED) is 0.399. The van der Waals surface area contributed by atoms with Gasteiger partial charge in [-0.3, -0.25) is 0 Å². The van der Waals surface area contributed by atoms with Gasteiger partial charge in [-0.2, -0.15) is 0 Å². The molecule has 8 aliphatic rings. The highest BCUT2D eigenvalue weighted by Crippen LogP contribution is 2.48. The molecule has 8 fully saturated rings. The van der Waals surface area contributed by atoms with Crippen molar-refractivity contribution < 1.29 is 0 Å². The Morgan fingerprint density at radius 3 is 0.575 bits per heavy atom. The maximum Gasteiger partial charge on any atom is 0.00226 e. The number of nitrogens with zero attached hydrogens (tertiary/aromatic N) is 4. The lowest BCUT2D eigenvalue weighted by atomic mass is 9.60. The molecule has 0 radical (unpaired) electrons. The molecule has 0 bridgehead atoms. The Labute approximate surface area is 250 Å². The first-order valence-electron chi connectivity index (χ1n) is 17.8. The fourth-order valence-electron chi connectivity index (χ4n) is 9.58. The van der Waals surface area contributed by atoms with Crippen molar-refractivity contribution in [1.29, 1.82) is 0 Å². The molecule has 4 saturated carbocycles. The highest BCUT2D eigenvalue weighted by atomic mass is 15.2. The number of hydrogen-bond donors (Lipinski definition) is 0. The summed E-state index contributed by atoms with van der Waals surface area (Å²) in [6, 6.07) is 0. The molecule has 40 heavy (non-hydrogen) atoms. The van der Waals surface area contributed by atoms with E-state index >= 15 is 0 Å². The van der Waals surface area contributed by atoms with Crippen molar-refractivity contribution in [2.45, 2.75) is 79.1 Å². The first-order valence-corrected chi connectivity index (χ1v) is 17.8. The lowest BCUT2D eigenvalue weighted by Crippen LogP contribution is -2.57. The van der Waals surface area contributed by atoms with Gasteiger partial charge in [0.15, 0.2) is 0 Å². The highest BCUT2D eigenvalue weighted by Gasteiger charge is 2.40. The molecule has 0 amide bonds. The van der Waals surface area contributed by atoms with Crippen molar-refractivity contribution in [3.05, 3.63) is 0 Å². The van der Waals surface area contributed by atoms with Gasteiger partial charge in [0.2, 0.25) is 0 Å². The van der Waals surface area contributed by atoms with Crippen LogP contribution in [0.25, 0.3) is 0 Å². The van der Waals surface area contributed by atoms with Gasteiger partial charge in [0.05, 0.1) is 0 Å². The van der Waals surface area contributed by atoms with Gasteiger partial charge in [0.1, 0.15) is 0 Å². The molecule has 4 nitrogen and oxygen atoms in total. The fourth-order valence-corrected chi connectivity index (χ4v) is 9.58. The van der Waals surface area contributed by atoms with Crippen molar-refractivity contribution in [3.63, 3.8) is 0 Å². The van der Waals surface area contributed by atoms with Gasteiger partial charge in [0, 0.05) is 52.4 Å². The molecule has 0 aromatic rings. The van der Waals surface area contributed by atoms with E-state index in [1.165, 1.54) is 104 Å². The average molecular weight is 557 g/mol. The minimum absolute atomic E-state index is 1.03. The van der Waals surface area contributed by atoms with E-state index in [4.69, 9.17) is 0 Å². The summed E-state index contributed by atoms with van der Waals surface area (Å²) >= 11 is 0. The van der Waals surface area contributed by atoms with Crippen LogP contribution in [0, 0.1) is 71.0 Å². The van der Waals surface area contributed by atoms with Crippen molar-refractivity contribution in [2.75, 3.05) is 80.5 Å². The molecule has 0 aromatic carbocycles. The summed E-state index contributed by atoms with van der Waals surface area (Å²) < 4.78 is 0. The van der Waals surface area contributed by atoms with Crippen molar-refractivity contribution in [1.82, 2.24) is 19.6 Å². The number of rotatable bonds is 4. The zero-order valence-corrected chi connectivity index (χ0v) is 28.0. The smallest absolute Gasteiger partial charge is 0.00226 e. The molecule has 4 aliphatic heterocycles. The van der Waals surface area contributed by atoms with E-state index in [2.05, 4.69) is 75.5 Å². The third-order valence-electron chi connectivity index (χ3n) is 12.7. The van der Waals surface area contributed by atoms with E-state index in [0.717, 1.165) is 71.0 Å². The molecule has 0 spiro atoms. The molecule has 0 N–H and O–H groups in total. The molecule has 232 valence electrons. The molecule has 0 atom stereocenters. The van der Waals surface area contributed by atoms with Gasteiger partial charge in [-0.05, 0) is 151 Å². The molecular weight excluding hydrogens is 488 g/mol. The van der Waals surface area contributed by atoms with Crippen LogP contribution in [0.2, 0.25) is 0 Å². The summed E-state index contributed by atoms with van der Waals surface area (Å²) in [5.41, 5.74) is 0. The Bertz CT molecular complexity index is 547. The minimum atomic E-state index is 1.03. The molecular formula is C36H68N4. The normalized spacial score (nSPS) is 42.6. The van der Waals surface area contributed by atoms with Crippen LogP contribution in [-0.2, 0) is 0 Å².